The van der Waals surface area contributed by atoms with Crippen molar-refractivity contribution in [3.63, 3.8) is 0 Å². The zero-order valence-corrected chi connectivity index (χ0v) is 19.1. The number of hydrogen-bond donors (Lipinski definition) is 0. The number of benzene rings is 4. The van der Waals surface area contributed by atoms with Gasteiger partial charge in [-0.15, -0.1) is 0 Å². The van der Waals surface area contributed by atoms with E-state index in [0.29, 0.717) is 0 Å². The van der Waals surface area contributed by atoms with Crippen molar-refractivity contribution in [2.24, 2.45) is 0 Å². The third-order valence-electron chi connectivity index (χ3n) is 5.90. The summed E-state index contributed by atoms with van der Waals surface area (Å²) in [6.07, 6.45) is 0. The van der Waals surface area contributed by atoms with Crippen LogP contribution in [0.2, 0.25) is 0 Å². The van der Waals surface area contributed by atoms with E-state index in [4.69, 9.17) is 0 Å². The highest BCUT2D eigenvalue weighted by atomic mass is 14.1. The quantitative estimate of drug-likeness (QED) is 0.320. The monoisotopic (exact) mass is 392 g/mol. The molecule has 0 saturated heterocycles. The Balaban J connectivity index is 0.000000172. The maximum atomic E-state index is 2.19. The first-order chi connectivity index (χ1) is 14.4. The Bertz CT molecular complexity index is 1040. The van der Waals surface area contributed by atoms with Crippen LogP contribution in [0.15, 0.2) is 84.9 Å². The van der Waals surface area contributed by atoms with Gasteiger partial charge in [0.15, 0.2) is 0 Å². The highest BCUT2D eigenvalue weighted by molar-refractivity contribution is 5.76. The fraction of sp³-hybridized carbons (Fsp3) is 0.200. The first-order valence-corrected chi connectivity index (χ1v) is 10.6. The molecule has 30 heavy (non-hydrogen) atoms. The fourth-order valence-electron chi connectivity index (χ4n) is 4.10. The molecule has 0 heterocycles. The van der Waals surface area contributed by atoms with Gasteiger partial charge in [-0.2, -0.15) is 0 Å². The first-order valence-electron chi connectivity index (χ1n) is 10.6. The van der Waals surface area contributed by atoms with Crippen molar-refractivity contribution in [1.29, 1.82) is 0 Å². The Labute approximate surface area is 182 Å². The van der Waals surface area contributed by atoms with Crippen molar-refractivity contribution in [3.05, 3.63) is 118 Å². The lowest BCUT2D eigenvalue weighted by atomic mass is 9.90. The predicted molar refractivity (Wildman–Crippen MR) is 132 cm³/mol. The Morgan fingerprint density at radius 2 is 0.767 bits per heavy atom. The molecule has 0 bridgehead atoms. The lowest BCUT2D eigenvalue weighted by molar-refractivity contribution is 1.32. The molecule has 4 aromatic carbocycles. The van der Waals surface area contributed by atoms with E-state index in [1.165, 1.54) is 55.6 Å². The maximum Gasteiger partial charge on any atom is -0.0120 e. The first kappa shape index (κ1) is 21.6. The van der Waals surface area contributed by atoms with E-state index >= 15 is 0 Å². The average molecular weight is 393 g/mol. The van der Waals surface area contributed by atoms with Gasteiger partial charge in [-0.1, -0.05) is 84.9 Å². The van der Waals surface area contributed by atoms with E-state index in [0.717, 1.165) is 0 Å². The van der Waals surface area contributed by atoms with Crippen molar-refractivity contribution in [2.45, 2.75) is 41.5 Å². The molecule has 0 amide bonds. The zero-order chi connectivity index (χ0) is 21.7. The van der Waals surface area contributed by atoms with Gasteiger partial charge in [0.2, 0.25) is 0 Å². The summed E-state index contributed by atoms with van der Waals surface area (Å²) in [5.74, 6) is 0. The molecule has 4 aromatic rings. The summed E-state index contributed by atoms with van der Waals surface area (Å²) in [5, 5.41) is 0. The molecule has 0 spiro atoms. The zero-order valence-electron chi connectivity index (χ0n) is 19.1. The largest absolute Gasteiger partial charge is 0.0622 e. The van der Waals surface area contributed by atoms with Gasteiger partial charge in [0, 0.05) is 0 Å². The minimum Gasteiger partial charge on any atom is -0.0622 e. The van der Waals surface area contributed by atoms with Crippen molar-refractivity contribution in [2.75, 3.05) is 0 Å². The maximum absolute atomic E-state index is 2.19. The van der Waals surface area contributed by atoms with Crippen LogP contribution in [0.1, 0.15) is 33.4 Å². The molecular formula is C30H32. The van der Waals surface area contributed by atoms with Gasteiger partial charge in [-0.05, 0) is 97.2 Å². The van der Waals surface area contributed by atoms with E-state index in [1.807, 2.05) is 0 Å². The Hall–Kier alpha value is -3.12. The van der Waals surface area contributed by atoms with Crippen LogP contribution in [0.3, 0.4) is 0 Å². The van der Waals surface area contributed by atoms with Crippen molar-refractivity contribution >= 4 is 0 Å². The summed E-state index contributed by atoms with van der Waals surface area (Å²) in [7, 11) is 0. The predicted octanol–water partition coefficient (Wildman–Crippen LogP) is 8.56. The van der Waals surface area contributed by atoms with Gasteiger partial charge in [-0.3, -0.25) is 0 Å². The lowest BCUT2D eigenvalue weighted by Crippen LogP contribution is -1.93. The average Bonchev–Trinajstić information content (AvgIpc) is 2.73. The number of rotatable bonds is 2. The third kappa shape index (κ3) is 4.71. The molecule has 152 valence electrons. The van der Waals surface area contributed by atoms with Crippen LogP contribution in [0.5, 0.6) is 0 Å². The van der Waals surface area contributed by atoms with Gasteiger partial charge in [0.1, 0.15) is 0 Å². The molecule has 0 nitrogen and oxygen atoms in total. The molecule has 0 aromatic heterocycles. The SMILES string of the molecule is Cc1cccc(-c2ccccc2)c1C.Cc1cccc(C)c1-c1c(C)cccc1C. The number of hydrogen-bond acceptors (Lipinski definition) is 0. The van der Waals surface area contributed by atoms with E-state index in [2.05, 4.69) is 126 Å². The van der Waals surface area contributed by atoms with Crippen LogP contribution in [-0.2, 0) is 0 Å². The molecule has 4 rings (SSSR count). The Morgan fingerprint density at radius 1 is 0.367 bits per heavy atom. The summed E-state index contributed by atoms with van der Waals surface area (Å²) < 4.78 is 0. The molecule has 0 N–H and O–H groups in total. The molecule has 0 aliphatic rings. The molecule has 0 saturated carbocycles. The third-order valence-corrected chi connectivity index (χ3v) is 5.90. The summed E-state index contributed by atoms with van der Waals surface area (Å²) in [4.78, 5) is 0. The second-order valence-corrected chi connectivity index (χ2v) is 8.15. The van der Waals surface area contributed by atoms with Crippen LogP contribution in [-0.4, -0.2) is 0 Å². The highest BCUT2D eigenvalue weighted by Gasteiger charge is 2.09. The standard InChI is InChI=1S/C16H18.C14H14/c1-11-7-5-8-12(2)15(11)16-13(3)9-6-10-14(16)4;1-11-7-6-10-14(12(11)2)13-8-4-3-5-9-13/h5-10H,1-4H3;3-10H,1-2H3. The molecule has 0 aliphatic carbocycles. The van der Waals surface area contributed by atoms with Crippen LogP contribution in [0, 0.1) is 41.5 Å². The fourth-order valence-corrected chi connectivity index (χ4v) is 4.10. The van der Waals surface area contributed by atoms with E-state index < -0.39 is 0 Å². The molecule has 0 unspecified atom stereocenters. The minimum absolute atomic E-state index is 1.30. The minimum atomic E-state index is 1.30. The molecule has 0 atom stereocenters. The molecule has 0 fully saturated rings. The van der Waals surface area contributed by atoms with Crippen molar-refractivity contribution < 1.29 is 0 Å². The molecule has 0 radical (unpaired) electrons. The summed E-state index contributed by atoms with van der Waals surface area (Å²) in [6, 6.07) is 30.0. The van der Waals surface area contributed by atoms with Gasteiger partial charge < -0.3 is 0 Å². The topological polar surface area (TPSA) is 0 Å². The van der Waals surface area contributed by atoms with E-state index in [9.17, 15) is 0 Å². The normalized spacial score (nSPS) is 10.3. The van der Waals surface area contributed by atoms with Gasteiger partial charge >= 0.3 is 0 Å². The molecule has 0 heteroatoms. The lowest BCUT2D eigenvalue weighted by Gasteiger charge is -2.15. The van der Waals surface area contributed by atoms with Gasteiger partial charge in [0.05, 0.1) is 0 Å². The summed E-state index contributed by atoms with van der Waals surface area (Å²) in [5.41, 5.74) is 13.6. The van der Waals surface area contributed by atoms with E-state index in [-0.39, 0.29) is 0 Å². The number of aryl methyl sites for hydroxylation is 5. The molecule has 0 aliphatic heterocycles. The van der Waals surface area contributed by atoms with Gasteiger partial charge in [-0.25, -0.2) is 0 Å². The van der Waals surface area contributed by atoms with Crippen LogP contribution < -0.4 is 0 Å². The highest BCUT2D eigenvalue weighted by Crippen LogP contribution is 2.32. The van der Waals surface area contributed by atoms with Crippen molar-refractivity contribution in [3.8, 4) is 22.3 Å². The second kappa shape index (κ2) is 9.59. The molecular weight excluding hydrogens is 360 g/mol. The summed E-state index contributed by atoms with van der Waals surface area (Å²) in [6.45, 7) is 13.1. The smallest absolute Gasteiger partial charge is 0.0120 e. The Kier molecular flexibility index (Phi) is 6.90. The second-order valence-electron chi connectivity index (χ2n) is 8.15. The van der Waals surface area contributed by atoms with Crippen LogP contribution in [0.4, 0.5) is 0 Å². The Morgan fingerprint density at radius 3 is 1.23 bits per heavy atom. The van der Waals surface area contributed by atoms with Crippen molar-refractivity contribution in [1.82, 2.24) is 0 Å². The van der Waals surface area contributed by atoms with Crippen LogP contribution >= 0.6 is 0 Å². The van der Waals surface area contributed by atoms with Gasteiger partial charge in [0.25, 0.3) is 0 Å². The van der Waals surface area contributed by atoms with E-state index in [1.54, 1.807) is 0 Å². The van der Waals surface area contributed by atoms with Crippen LogP contribution in [0.25, 0.3) is 22.3 Å². The summed E-state index contributed by atoms with van der Waals surface area (Å²) >= 11 is 0.